The van der Waals surface area contributed by atoms with E-state index in [0.717, 1.165) is 23.8 Å². The zero-order valence-corrected chi connectivity index (χ0v) is 17.6. The molecule has 0 radical (unpaired) electrons. The number of nitrogens with one attached hydrogen (secondary N) is 2. The van der Waals surface area contributed by atoms with Crippen molar-refractivity contribution >= 4 is 41.3 Å². The summed E-state index contributed by atoms with van der Waals surface area (Å²) in [5, 5.41) is 11.0. The van der Waals surface area contributed by atoms with Crippen molar-refractivity contribution in [1.82, 2.24) is 10.6 Å². The summed E-state index contributed by atoms with van der Waals surface area (Å²) in [7, 11) is 1.79. The highest BCUT2D eigenvalue weighted by atomic mass is 127. The zero-order chi connectivity index (χ0) is 16.5. The Morgan fingerprint density at radius 1 is 1.25 bits per heavy atom. The van der Waals surface area contributed by atoms with E-state index < -0.39 is 0 Å². The fourth-order valence-corrected chi connectivity index (χ4v) is 3.05. The van der Waals surface area contributed by atoms with E-state index in [-0.39, 0.29) is 24.0 Å². The van der Waals surface area contributed by atoms with Crippen LogP contribution in [0.2, 0.25) is 0 Å². The molecule has 6 heteroatoms. The van der Waals surface area contributed by atoms with Gasteiger partial charge < -0.3 is 15.4 Å². The minimum absolute atomic E-state index is 0. The predicted molar refractivity (Wildman–Crippen MR) is 114 cm³/mol. The van der Waals surface area contributed by atoms with Crippen molar-refractivity contribution in [1.29, 1.82) is 0 Å². The molecule has 0 bridgehead atoms. The molecule has 1 aromatic carbocycles. The van der Waals surface area contributed by atoms with Crippen LogP contribution >= 0.6 is 35.3 Å². The Balaban J connectivity index is 0.00000288. The lowest BCUT2D eigenvalue weighted by Gasteiger charge is -2.16. The van der Waals surface area contributed by atoms with Gasteiger partial charge in [-0.3, -0.25) is 4.99 Å². The Morgan fingerprint density at radius 3 is 2.71 bits per heavy atom. The minimum atomic E-state index is 0. The molecule has 0 aliphatic carbocycles. The lowest BCUT2D eigenvalue weighted by Crippen LogP contribution is -2.38. The van der Waals surface area contributed by atoms with E-state index in [1.54, 1.807) is 18.4 Å². The molecule has 4 nitrogen and oxygen atoms in total. The molecule has 1 unspecified atom stereocenters. The highest BCUT2D eigenvalue weighted by Gasteiger charge is 2.08. The third-order valence-corrected chi connectivity index (χ3v) is 4.33. The molecule has 1 heterocycles. The Labute approximate surface area is 165 Å². The topological polar surface area (TPSA) is 45.6 Å². The summed E-state index contributed by atoms with van der Waals surface area (Å²) in [5.41, 5.74) is 2.49. The van der Waals surface area contributed by atoms with Crippen molar-refractivity contribution in [2.75, 3.05) is 20.2 Å². The molecule has 0 saturated carbocycles. The van der Waals surface area contributed by atoms with Gasteiger partial charge in [-0.1, -0.05) is 25.1 Å². The summed E-state index contributed by atoms with van der Waals surface area (Å²) in [6, 6.07) is 10.2. The molecule has 2 N–H and O–H groups in total. The third kappa shape index (κ3) is 6.32. The summed E-state index contributed by atoms with van der Waals surface area (Å²) in [4.78, 5) is 4.29. The summed E-state index contributed by atoms with van der Waals surface area (Å²) < 4.78 is 5.65. The second kappa shape index (κ2) is 11.3. The van der Waals surface area contributed by atoms with Crippen LogP contribution < -0.4 is 15.4 Å². The average molecular weight is 459 g/mol. The number of aliphatic imine (C=N–C) groups is 1. The molecular formula is C18H26IN3OS. The Hall–Kier alpha value is -1.28. The van der Waals surface area contributed by atoms with Crippen molar-refractivity contribution < 1.29 is 4.74 Å². The van der Waals surface area contributed by atoms with Crippen LogP contribution in [-0.4, -0.2) is 26.2 Å². The van der Waals surface area contributed by atoms with Crippen molar-refractivity contribution in [3.8, 4) is 5.75 Å². The van der Waals surface area contributed by atoms with Crippen LogP contribution in [0.5, 0.6) is 5.75 Å². The first-order chi connectivity index (χ1) is 11.2. The van der Waals surface area contributed by atoms with Crippen LogP contribution in [0.4, 0.5) is 0 Å². The van der Waals surface area contributed by atoms with E-state index in [1.807, 2.05) is 25.1 Å². The molecular weight excluding hydrogens is 433 g/mol. The maximum Gasteiger partial charge on any atom is 0.191 e. The van der Waals surface area contributed by atoms with E-state index in [1.165, 1.54) is 5.56 Å². The van der Waals surface area contributed by atoms with Gasteiger partial charge in [-0.25, -0.2) is 0 Å². The number of halogens is 1. The summed E-state index contributed by atoms with van der Waals surface area (Å²) in [6.45, 7) is 6.41. The Kier molecular flexibility index (Phi) is 9.78. The monoisotopic (exact) mass is 459 g/mol. The lowest BCUT2D eigenvalue weighted by molar-refractivity contribution is 0.336. The lowest BCUT2D eigenvalue weighted by atomic mass is 10.1. The van der Waals surface area contributed by atoms with E-state index in [4.69, 9.17) is 4.74 Å². The van der Waals surface area contributed by atoms with Gasteiger partial charge >= 0.3 is 0 Å². The van der Waals surface area contributed by atoms with Gasteiger partial charge in [0.15, 0.2) is 5.96 Å². The summed E-state index contributed by atoms with van der Waals surface area (Å²) in [6.07, 6.45) is 0. The van der Waals surface area contributed by atoms with Crippen LogP contribution in [-0.2, 0) is 6.54 Å². The van der Waals surface area contributed by atoms with Crippen LogP contribution in [0.15, 0.2) is 46.1 Å². The van der Waals surface area contributed by atoms with Gasteiger partial charge in [0.2, 0.25) is 0 Å². The highest BCUT2D eigenvalue weighted by molar-refractivity contribution is 14.0. The van der Waals surface area contributed by atoms with Crippen molar-refractivity contribution in [3.63, 3.8) is 0 Å². The minimum Gasteiger partial charge on any atom is -0.494 e. The number of thiophene rings is 1. The molecule has 1 aromatic heterocycles. The SMILES string of the molecule is CCOc1ccccc1CNC(=NC)NCC(C)c1ccsc1.I. The van der Waals surface area contributed by atoms with Gasteiger partial charge in [-0.2, -0.15) is 11.3 Å². The van der Waals surface area contributed by atoms with E-state index in [2.05, 4.69) is 45.4 Å². The maximum absolute atomic E-state index is 5.65. The fourth-order valence-electron chi connectivity index (χ4n) is 2.27. The predicted octanol–water partition coefficient (Wildman–Crippen LogP) is 4.23. The molecule has 24 heavy (non-hydrogen) atoms. The first-order valence-electron chi connectivity index (χ1n) is 7.92. The van der Waals surface area contributed by atoms with Gasteiger partial charge in [0.05, 0.1) is 6.61 Å². The molecule has 2 aromatic rings. The van der Waals surface area contributed by atoms with Crippen LogP contribution in [0.25, 0.3) is 0 Å². The number of rotatable bonds is 7. The second-order valence-electron chi connectivity index (χ2n) is 5.31. The van der Waals surface area contributed by atoms with Crippen molar-refractivity contribution in [2.24, 2.45) is 4.99 Å². The number of ether oxygens (including phenoxy) is 1. The van der Waals surface area contributed by atoms with Crippen LogP contribution in [0.1, 0.15) is 30.9 Å². The molecule has 0 fully saturated rings. The third-order valence-electron chi connectivity index (χ3n) is 3.63. The van der Waals surface area contributed by atoms with Crippen LogP contribution in [0.3, 0.4) is 0 Å². The van der Waals surface area contributed by atoms with Crippen LogP contribution in [0, 0.1) is 0 Å². The summed E-state index contributed by atoms with van der Waals surface area (Å²) in [5.74, 6) is 2.18. The molecule has 0 saturated heterocycles. The smallest absolute Gasteiger partial charge is 0.191 e. The molecule has 0 amide bonds. The number of hydrogen-bond donors (Lipinski definition) is 2. The maximum atomic E-state index is 5.65. The van der Waals surface area contributed by atoms with E-state index >= 15 is 0 Å². The standard InChI is InChI=1S/C18H25N3OS.HI/c1-4-22-17-8-6-5-7-15(17)12-21-18(19-3)20-11-14(2)16-9-10-23-13-16;/h5-10,13-14H,4,11-12H2,1-3H3,(H2,19,20,21);1H. The average Bonchev–Trinajstić information content (AvgIpc) is 3.11. The molecule has 132 valence electrons. The van der Waals surface area contributed by atoms with Gasteiger partial charge in [-0.05, 0) is 41.3 Å². The quantitative estimate of drug-likeness (QED) is 0.370. The van der Waals surface area contributed by atoms with Crippen molar-refractivity contribution in [2.45, 2.75) is 26.3 Å². The van der Waals surface area contributed by atoms with E-state index in [0.29, 0.717) is 19.1 Å². The number of guanidine groups is 1. The molecule has 0 spiro atoms. The Bertz CT molecular complexity index is 616. The number of para-hydroxylation sites is 1. The van der Waals surface area contributed by atoms with Crippen molar-refractivity contribution in [3.05, 3.63) is 52.2 Å². The van der Waals surface area contributed by atoms with Gasteiger partial charge in [0, 0.05) is 25.7 Å². The summed E-state index contributed by atoms with van der Waals surface area (Å²) >= 11 is 1.73. The number of nitrogens with zero attached hydrogens (tertiary/aromatic N) is 1. The molecule has 1 atom stereocenters. The van der Waals surface area contributed by atoms with Gasteiger partial charge in [0.25, 0.3) is 0 Å². The number of hydrogen-bond acceptors (Lipinski definition) is 3. The second-order valence-corrected chi connectivity index (χ2v) is 6.09. The van der Waals surface area contributed by atoms with E-state index in [9.17, 15) is 0 Å². The normalized spacial score (nSPS) is 12.2. The highest BCUT2D eigenvalue weighted by Crippen LogP contribution is 2.18. The molecule has 0 aliphatic heterocycles. The number of benzene rings is 1. The molecule has 2 rings (SSSR count). The first-order valence-corrected chi connectivity index (χ1v) is 8.86. The fraction of sp³-hybridized carbons (Fsp3) is 0.389. The largest absolute Gasteiger partial charge is 0.494 e. The first kappa shape index (κ1) is 20.8. The van der Waals surface area contributed by atoms with Gasteiger partial charge in [-0.15, -0.1) is 24.0 Å². The zero-order valence-electron chi connectivity index (χ0n) is 14.4. The Morgan fingerprint density at radius 2 is 2.04 bits per heavy atom. The molecule has 0 aliphatic rings. The van der Waals surface area contributed by atoms with Gasteiger partial charge in [0.1, 0.15) is 5.75 Å².